The summed E-state index contributed by atoms with van der Waals surface area (Å²) in [5.41, 5.74) is 3.06. The van der Waals surface area contributed by atoms with Gasteiger partial charge in [-0.1, -0.05) is 12.1 Å². The molecule has 0 aliphatic carbocycles. The molecule has 4 heteroatoms. The maximum atomic E-state index is 11.9. The Bertz CT molecular complexity index is 391. The second-order valence-electron chi connectivity index (χ2n) is 4.23. The highest BCUT2D eigenvalue weighted by atomic mass is 16.5. The number of benzene rings is 1. The average molecular weight is 251 g/mol. The Balaban J connectivity index is 2.30. The van der Waals surface area contributed by atoms with Crippen molar-refractivity contribution in [2.24, 2.45) is 0 Å². The zero-order valence-electron chi connectivity index (χ0n) is 11.0. The standard InChI is InChI=1S/C14H21NO3/c1-11-3-4-13(9-12(11)2)14(17)10-15-5-7-18-8-6-16/h3-4,9,15-16H,5-8,10H2,1-2H3. The van der Waals surface area contributed by atoms with E-state index in [0.717, 1.165) is 11.1 Å². The fourth-order valence-electron chi connectivity index (χ4n) is 1.53. The van der Waals surface area contributed by atoms with Crippen LogP contribution in [-0.2, 0) is 4.74 Å². The van der Waals surface area contributed by atoms with Gasteiger partial charge in [-0.15, -0.1) is 0 Å². The van der Waals surface area contributed by atoms with Gasteiger partial charge in [0, 0.05) is 12.1 Å². The van der Waals surface area contributed by atoms with E-state index in [4.69, 9.17) is 9.84 Å². The van der Waals surface area contributed by atoms with Gasteiger partial charge in [-0.05, 0) is 31.0 Å². The van der Waals surface area contributed by atoms with E-state index in [1.807, 2.05) is 32.0 Å². The minimum atomic E-state index is 0.0293. The number of carbonyl (C=O) groups is 1. The van der Waals surface area contributed by atoms with Crippen LogP contribution in [0.25, 0.3) is 0 Å². The Morgan fingerprint density at radius 3 is 2.72 bits per heavy atom. The number of nitrogens with one attached hydrogen (secondary N) is 1. The molecule has 0 aliphatic rings. The second-order valence-corrected chi connectivity index (χ2v) is 4.23. The van der Waals surface area contributed by atoms with Crippen molar-refractivity contribution in [1.29, 1.82) is 0 Å². The Morgan fingerprint density at radius 2 is 2.06 bits per heavy atom. The molecule has 0 bridgehead atoms. The predicted molar refractivity (Wildman–Crippen MR) is 71.0 cm³/mol. The van der Waals surface area contributed by atoms with Crippen molar-refractivity contribution in [1.82, 2.24) is 5.32 Å². The topological polar surface area (TPSA) is 58.6 Å². The number of hydrogen-bond acceptors (Lipinski definition) is 4. The summed E-state index contributed by atoms with van der Waals surface area (Å²) in [7, 11) is 0. The summed E-state index contributed by atoms with van der Waals surface area (Å²) < 4.78 is 5.08. The second kappa shape index (κ2) is 7.97. The Hall–Kier alpha value is -1.23. The lowest BCUT2D eigenvalue weighted by Gasteiger charge is -2.06. The molecule has 1 rings (SSSR count). The molecule has 18 heavy (non-hydrogen) atoms. The van der Waals surface area contributed by atoms with E-state index < -0.39 is 0 Å². The molecule has 1 aromatic carbocycles. The van der Waals surface area contributed by atoms with Gasteiger partial charge < -0.3 is 15.2 Å². The van der Waals surface area contributed by atoms with Gasteiger partial charge in [-0.25, -0.2) is 0 Å². The van der Waals surface area contributed by atoms with Gasteiger partial charge in [0.2, 0.25) is 0 Å². The van der Waals surface area contributed by atoms with Gasteiger partial charge in [0.1, 0.15) is 0 Å². The van der Waals surface area contributed by atoms with Gasteiger partial charge in [0.25, 0.3) is 0 Å². The number of aliphatic hydroxyl groups excluding tert-OH is 1. The third kappa shape index (κ3) is 4.96. The van der Waals surface area contributed by atoms with E-state index in [0.29, 0.717) is 26.3 Å². The highest BCUT2D eigenvalue weighted by Gasteiger charge is 2.05. The van der Waals surface area contributed by atoms with Crippen molar-refractivity contribution in [3.63, 3.8) is 0 Å². The van der Waals surface area contributed by atoms with Crippen LogP contribution < -0.4 is 5.32 Å². The van der Waals surface area contributed by atoms with Crippen molar-refractivity contribution in [3.05, 3.63) is 34.9 Å². The Kier molecular flexibility index (Phi) is 6.57. The van der Waals surface area contributed by atoms with E-state index >= 15 is 0 Å². The molecule has 0 spiro atoms. The van der Waals surface area contributed by atoms with Gasteiger partial charge in [-0.2, -0.15) is 0 Å². The minimum Gasteiger partial charge on any atom is -0.394 e. The Morgan fingerprint density at radius 1 is 1.28 bits per heavy atom. The third-order valence-corrected chi connectivity index (χ3v) is 2.77. The number of hydrogen-bond donors (Lipinski definition) is 2. The molecule has 0 aromatic heterocycles. The molecule has 0 aliphatic heterocycles. The van der Waals surface area contributed by atoms with Crippen molar-refractivity contribution >= 4 is 5.78 Å². The molecule has 0 fully saturated rings. The smallest absolute Gasteiger partial charge is 0.176 e. The molecular formula is C14H21NO3. The first kappa shape index (κ1) is 14.8. The van der Waals surface area contributed by atoms with Crippen molar-refractivity contribution in [2.45, 2.75) is 13.8 Å². The van der Waals surface area contributed by atoms with Crippen LogP contribution in [0.5, 0.6) is 0 Å². The molecule has 0 saturated carbocycles. The van der Waals surface area contributed by atoms with Crippen molar-refractivity contribution in [3.8, 4) is 0 Å². The molecule has 2 N–H and O–H groups in total. The molecule has 0 saturated heterocycles. The molecular weight excluding hydrogens is 230 g/mol. The average Bonchev–Trinajstić information content (AvgIpc) is 2.36. The number of rotatable bonds is 8. The lowest BCUT2D eigenvalue weighted by Crippen LogP contribution is -2.27. The number of aliphatic hydroxyl groups is 1. The van der Waals surface area contributed by atoms with Crippen molar-refractivity contribution in [2.75, 3.05) is 32.9 Å². The minimum absolute atomic E-state index is 0.0293. The van der Waals surface area contributed by atoms with E-state index in [1.54, 1.807) is 0 Å². The highest BCUT2D eigenvalue weighted by Crippen LogP contribution is 2.09. The molecule has 0 atom stereocenters. The molecule has 0 heterocycles. The number of carbonyl (C=O) groups excluding carboxylic acids is 1. The van der Waals surface area contributed by atoms with E-state index in [-0.39, 0.29) is 12.4 Å². The van der Waals surface area contributed by atoms with Crippen LogP contribution >= 0.6 is 0 Å². The van der Waals surface area contributed by atoms with E-state index in [2.05, 4.69) is 5.32 Å². The van der Waals surface area contributed by atoms with Crippen LogP contribution in [0.4, 0.5) is 0 Å². The molecule has 0 amide bonds. The molecule has 0 unspecified atom stereocenters. The van der Waals surface area contributed by atoms with Gasteiger partial charge in [-0.3, -0.25) is 4.79 Å². The highest BCUT2D eigenvalue weighted by molar-refractivity contribution is 5.97. The van der Waals surface area contributed by atoms with Gasteiger partial charge in [0.15, 0.2) is 5.78 Å². The maximum absolute atomic E-state index is 11.9. The van der Waals surface area contributed by atoms with Crippen LogP contribution in [0.15, 0.2) is 18.2 Å². The first-order chi connectivity index (χ1) is 8.65. The number of ether oxygens (including phenoxy) is 1. The van der Waals surface area contributed by atoms with Crippen LogP contribution in [0.3, 0.4) is 0 Å². The summed E-state index contributed by atoms with van der Waals surface area (Å²) in [5.74, 6) is 0.0836. The van der Waals surface area contributed by atoms with Crippen molar-refractivity contribution < 1.29 is 14.6 Å². The first-order valence-electron chi connectivity index (χ1n) is 6.15. The normalized spacial score (nSPS) is 10.6. The SMILES string of the molecule is Cc1ccc(C(=O)CNCCOCCO)cc1C. The van der Waals surface area contributed by atoms with E-state index in [1.165, 1.54) is 5.56 Å². The fraction of sp³-hybridized carbons (Fsp3) is 0.500. The van der Waals surface area contributed by atoms with E-state index in [9.17, 15) is 4.79 Å². The lowest BCUT2D eigenvalue weighted by molar-refractivity contribution is 0.0906. The maximum Gasteiger partial charge on any atom is 0.176 e. The number of aryl methyl sites for hydroxylation is 2. The zero-order valence-corrected chi connectivity index (χ0v) is 11.0. The molecule has 1 aromatic rings. The number of ketones is 1. The molecule has 0 radical (unpaired) electrons. The number of Topliss-reactive ketones (excluding diaryl/α,β-unsaturated/α-hetero) is 1. The van der Waals surface area contributed by atoms with Gasteiger partial charge >= 0.3 is 0 Å². The summed E-state index contributed by atoms with van der Waals surface area (Å²) in [6, 6.07) is 5.74. The summed E-state index contributed by atoms with van der Waals surface area (Å²) in [4.78, 5) is 11.9. The largest absolute Gasteiger partial charge is 0.394 e. The van der Waals surface area contributed by atoms with Gasteiger partial charge in [0.05, 0.1) is 26.4 Å². The summed E-state index contributed by atoms with van der Waals surface area (Å²) in [6.45, 7) is 5.82. The van der Waals surface area contributed by atoms with Crippen LogP contribution in [-0.4, -0.2) is 43.8 Å². The third-order valence-electron chi connectivity index (χ3n) is 2.77. The Labute approximate surface area is 108 Å². The fourth-order valence-corrected chi connectivity index (χ4v) is 1.53. The summed E-state index contributed by atoms with van der Waals surface area (Å²) >= 11 is 0. The van der Waals surface area contributed by atoms with Crippen LogP contribution in [0.1, 0.15) is 21.5 Å². The molecule has 4 nitrogen and oxygen atoms in total. The monoisotopic (exact) mass is 251 g/mol. The lowest BCUT2D eigenvalue weighted by atomic mass is 10.0. The summed E-state index contributed by atoms with van der Waals surface area (Å²) in [6.07, 6.45) is 0. The predicted octanol–water partition coefficient (Wildman–Crippen LogP) is 1.08. The molecule has 100 valence electrons. The van der Waals surface area contributed by atoms with Crippen LogP contribution in [0, 0.1) is 13.8 Å². The first-order valence-corrected chi connectivity index (χ1v) is 6.15. The quantitative estimate of drug-likeness (QED) is 0.536. The zero-order chi connectivity index (χ0) is 13.4. The summed E-state index contributed by atoms with van der Waals surface area (Å²) in [5, 5.41) is 11.5. The van der Waals surface area contributed by atoms with Crippen LogP contribution in [0.2, 0.25) is 0 Å².